The lowest BCUT2D eigenvalue weighted by molar-refractivity contribution is -0.158. The fourth-order valence-corrected chi connectivity index (χ4v) is 2.42. The van der Waals surface area contributed by atoms with Crippen LogP contribution < -0.4 is 11.5 Å². The summed E-state index contributed by atoms with van der Waals surface area (Å²) < 4.78 is 0. The summed E-state index contributed by atoms with van der Waals surface area (Å²) in [5.74, 6) is 0.727. The molecule has 0 spiro atoms. The van der Waals surface area contributed by atoms with Crippen molar-refractivity contribution in [1.82, 2.24) is 5.06 Å². The van der Waals surface area contributed by atoms with Crippen LogP contribution in [0.2, 0.25) is 5.02 Å². The highest BCUT2D eigenvalue weighted by molar-refractivity contribution is 8.93. The lowest BCUT2D eigenvalue weighted by Gasteiger charge is -2.36. The minimum absolute atomic E-state index is 0. The summed E-state index contributed by atoms with van der Waals surface area (Å²) >= 11 is 5.90. The van der Waals surface area contributed by atoms with E-state index in [-0.39, 0.29) is 28.9 Å². The quantitative estimate of drug-likeness (QED) is 0.789. The van der Waals surface area contributed by atoms with E-state index >= 15 is 0 Å². The first-order valence-corrected chi connectivity index (χ1v) is 7.55. The Kier molecular flexibility index (Phi) is 6.85. The summed E-state index contributed by atoms with van der Waals surface area (Å²) in [6.07, 6.45) is 0.834. The molecule has 1 heterocycles. The summed E-state index contributed by atoms with van der Waals surface area (Å²) in [6, 6.07) is 7.84. The number of rotatable bonds is 5. The van der Waals surface area contributed by atoms with E-state index in [1.807, 2.05) is 38.1 Å². The van der Waals surface area contributed by atoms with Gasteiger partial charge < -0.3 is 11.5 Å². The van der Waals surface area contributed by atoms with Crippen molar-refractivity contribution in [2.75, 3.05) is 6.61 Å². The summed E-state index contributed by atoms with van der Waals surface area (Å²) in [5, 5.41) is 2.24. The number of benzene rings is 1. The largest absolute Gasteiger partial charge is 0.368 e. The van der Waals surface area contributed by atoms with Crippen LogP contribution in [-0.4, -0.2) is 29.3 Å². The van der Waals surface area contributed by atoms with Gasteiger partial charge in [0.15, 0.2) is 5.66 Å². The smallest absolute Gasteiger partial charge is 0.226 e. The normalized spacial score (nSPS) is 17.8. The van der Waals surface area contributed by atoms with Gasteiger partial charge in [0.1, 0.15) is 0 Å². The zero-order chi connectivity index (χ0) is 16.3. The maximum atomic E-state index is 5.90. The van der Waals surface area contributed by atoms with Gasteiger partial charge in [-0.1, -0.05) is 30.7 Å². The summed E-state index contributed by atoms with van der Waals surface area (Å²) in [4.78, 5) is 13.9. The van der Waals surface area contributed by atoms with E-state index in [9.17, 15) is 0 Å². The second-order valence-corrected chi connectivity index (χ2v) is 6.24. The molecule has 0 radical (unpaired) electrons. The molecule has 2 rings (SSSR count). The highest BCUT2D eigenvalue weighted by atomic mass is 79.9. The van der Waals surface area contributed by atoms with Gasteiger partial charge in [0.25, 0.3) is 0 Å². The van der Waals surface area contributed by atoms with Crippen molar-refractivity contribution in [1.29, 1.82) is 0 Å². The molecule has 1 aliphatic heterocycles. The lowest BCUT2D eigenvalue weighted by atomic mass is 9.98. The van der Waals surface area contributed by atoms with Crippen molar-refractivity contribution in [3.63, 3.8) is 0 Å². The zero-order valence-corrected chi connectivity index (χ0v) is 16.0. The van der Waals surface area contributed by atoms with Crippen molar-refractivity contribution in [3.8, 4) is 0 Å². The van der Waals surface area contributed by atoms with Crippen LogP contribution in [0.4, 0.5) is 0 Å². The molecule has 1 aliphatic rings. The number of halogens is 2. The average molecular weight is 405 g/mol. The van der Waals surface area contributed by atoms with Crippen molar-refractivity contribution in [3.05, 3.63) is 34.9 Å². The fourth-order valence-electron chi connectivity index (χ4n) is 2.30. The molecule has 1 unspecified atom stereocenters. The Morgan fingerprint density at radius 3 is 2.43 bits per heavy atom. The predicted octanol–water partition coefficient (Wildman–Crippen LogP) is 3.02. The standard InChI is InChI=1S/C15H22ClN5O.BrH/c1-10(11-4-6-12(16)7-5-11)8-9-22-21-14(18)19-13(17)20-15(21,2)3;/h4-7,10H,8-9H2,1-3H3,(H4,17,18,19,20);1H. The molecule has 8 heteroatoms. The van der Waals surface area contributed by atoms with Crippen LogP contribution in [0, 0.1) is 0 Å². The van der Waals surface area contributed by atoms with Gasteiger partial charge in [-0.05, 0) is 43.9 Å². The second-order valence-electron chi connectivity index (χ2n) is 5.80. The van der Waals surface area contributed by atoms with Gasteiger partial charge >= 0.3 is 0 Å². The molecule has 1 atom stereocenters. The van der Waals surface area contributed by atoms with E-state index in [0.29, 0.717) is 12.5 Å². The van der Waals surface area contributed by atoms with Crippen LogP contribution in [-0.2, 0) is 4.84 Å². The number of hydrogen-bond donors (Lipinski definition) is 2. The number of hydrogen-bond acceptors (Lipinski definition) is 6. The van der Waals surface area contributed by atoms with Gasteiger partial charge in [-0.25, -0.2) is 4.99 Å². The molecule has 0 aliphatic carbocycles. The van der Waals surface area contributed by atoms with Crippen LogP contribution in [0.3, 0.4) is 0 Å². The van der Waals surface area contributed by atoms with Gasteiger partial charge in [-0.2, -0.15) is 10.1 Å². The third-order valence-electron chi connectivity index (χ3n) is 3.53. The van der Waals surface area contributed by atoms with Gasteiger partial charge in [-0.3, -0.25) is 4.84 Å². The van der Waals surface area contributed by atoms with Crippen LogP contribution in [0.1, 0.15) is 38.7 Å². The van der Waals surface area contributed by atoms with Crippen molar-refractivity contribution in [2.24, 2.45) is 21.5 Å². The average Bonchev–Trinajstić information content (AvgIpc) is 2.41. The van der Waals surface area contributed by atoms with Crippen molar-refractivity contribution in [2.45, 2.75) is 38.8 Å². The Morgan fingerprint density at radius 1 is 1.26 bits per heavy atom. The van der Waals surface area contributed by atoms with Crippen LogP contribution in [0.25, 0.3) is 0 Å². The molecule has 0 aromatic heterocycles. The second kappa shape index (κ2) is 7.99. The Morgan fingerprint density at radius 2 is 1.87 bits per heavy atom. The van der Waals surface area contributed by atoms with Crippen LogP contribution >= 0.6 is 28.6 Å². The molecular formula is C15H23BrClN5O. The Labute approximate surface area is 152 Å². The Bertz CT molecular complexity index is 588. The summed E-state index contributed by atoms with van der Waals surface area (Å²) in [6.45, 7) is 6.37. The van der Waals surface area contributed by atoms with E-state index in [2.05, 4.69) is 16.9 Å². The van der Waals surface area contributed by atoms with Gasteiger partial charge in [0.05, 0.1) is 6.61 Å². The molecule has 0 saturated heterocycles. The molecular weight excluding hydrogens is 382 g/mol. The number of aliphatic imine (C=N–C) groups is 2. The highest BCUT2D eigenvalue weighted by Crippen LogP contribution is 2.23. The predicted molar refractivity (Wildman–Crippen MR) is 99.9 cm³/mol. The molecule has 0 saturated carbocycles. The molecule has 4 N–H and O–H groups in total. The third kappa shape index (κ3) is 5.09. The van der Waals surface area contributed by atoms with Gasteiger partial charge in [0, 0.05) is 5.02 Å². The zero-order valence-electron chi connectivity index (χ0n) is 13.5. The van der Waals surface area contributed by atoms with Crippen molar-refractivity contribution < 1.29 is 4.84 Å². The van der Waals surface area contributed by atoms with E-state index in [1.54, 1.807) is 0 Å². The molecule has 1 aromatic rings. The Hall–Kier alpha value is -1.31. The Balaban J connectivity index is 0.00000264. The monoisotopic (exact) mass is 403 g/mol. The maximum absolute atomic E-state index is 5.90. The molecule has 0 bridgehead atoms. The minimum atomic E-state index is -0.667. The molecule has 0 fully saturated rings. The lowest BCUT2D eigenvalue weighted by Crippen LogP contribution is -2.53. The number of nitrogens with zero attached hydrogens (tertiary/aromatic N) is 3. The first kappa shape index (κ1) is 19.7. The van der Waals surface area contributed by atoms with E-state index < -0.39 is 5.66 Å². The van der Waals surface area contributed by atoms with E-state index in [0.717, 1.165) is 11.4 Å². The SMILES string of the molecule is Br.CC(CCON1C(N)=NC(N)=NC1(C)C)c1ccc(Cl)cc1. The number of hydroxylamine groups is 2. The van der Waals surface area contributed by atoms with Crippen LogP contribution in [0.15, 0.2) is 34.3 Å². The summed E-state index contributed by atoms with van der Waals surface area (Å²) in [7, 11) is 0. The van der Waals surface area contributed by atoms with Gasteiger partial charge in [0.2, 0.25) is 11.9 Å². The van der Waals surface area contributed by atoms with Gasteiger partial charge in [-0.15, -0.1) is 17.0 Å². The fraction of sp³-hybridized carbons (Fsp3) is 0.467. The first-order chi connectivity index (χ1) is 10.3. The highest BCUT2D eigenvalue weighted by Gasteiger charge is 2.33. The molecule has 23 heavy (non-hydrogen) atoms. The van der Waals surface area contributed by atoms with Crippen molar-refractivity contribution >= 4 is 40.5 Å². The molecule has 6 nitrogen and oxygen atoms in total. The molecule has 128 valence electrons. The topological polar surface area (TPSA) is 89.2 Å². The third-order valence-corrected chi connectivity index (χ3v) is 3.78. The maximum Gasteiger partial charge on any atom is 0.226 e. The van der Waals surface area contributed by atoms with E-state index in [4.69, 9.17) is 27.9 Å². The van der Waals surface area contributed by atoms with Crippen LogP contribution in [0.5, 0.6) is 0 Å². The molecule has 0 amide bonds. The van der Waals surface area contributed by atoms with E-state index in [1.165, 1.54) is 10.6 Å². The molecule has 1 aromatic carbocycles. The number of nitrogens with two attached hydrogens (primary N) is 2. The first-order valence-electron chi connectivity index (χ1n) is 7.17. The summed E-state index contributed by atoms with van der Waals surface area (Å²) in [5.41, 5.74) is 12.0. The minimum Gasteiger partial charge on any atom is -0.368 e. The number of guanidine groups is 2.